The summed E-state index contributed by atoms with van der Waals surface area (Å²) >= 11 is 0. The van der Waals surface area contributed by atoms with E-state index >= 15 is 0 Å². The summed E-state index contributed by atoms with van der Waals surface area (Å²) in [5, 5.41) is 8.72. The van der Waals surface area contributed by atoms with Crippen molar-refractivity contribution >= 4 is 5.97 Å². The van der Waals surface area contributed by atoms with E-state index in [1.54, 1.807) is 14.0 Å². The summed E-state index contributed by atoms with van der Waals surface area (Å²) in [7, 11) is 1.61. The number of aliphatic carboxylic acids is 1. The van der Waals surface area contributed by atoms with Gasteiger partial charge in [-0.3, -0.25) is 4.79 Å². The molecular formula is C11H14O3. The zero-order valence-corrected chi connectivity index (χ0v) is 8.36. The van der Waals surface area contributed by atoms with E-state index in [-0.39, 0.29) is 5.92 Å². The SMILES string of the molecule is COc1ccc(CC(C)C(=O)O)cc1. The van der Waals surface area contributed by atoms with Crippen LogP contribution in [0.5, 0.6) is 5.75 Å². The molecule has 3 heteroatoms. The first kappa shape index (κ1) is 10.6. The predicted molar refractivity (Wildman–Crippen MR) is 53.5 cm³/mol. The second-order valence-corrected chi connectivity index (χ2v) is 3.29. The number of ether oxygens (including phenoxy) is 1. The van der Waals surface area contributed by atoms with Crippen molar-refractivity contribution in [3.8, 4) is 5.75 Å². The number of benzene rings is 1. The van der Waals surface area contributed by atoms with Crippen LogP contribution >= 0.6 is 0 Å². The lowest BCUT2D eigenvalue weighted by molar-refractivity contribution is -0.141. The molecule has 1 aromatic carbocycles. The molecular weight excluding hydrogens is 180 g/mol. The van der Waals surface area contributed by atoms with Gasteiger partial charge < -0.3 is 9.84 Å². The molecule has 0 aliphatic heterocycles. The van der Waals surface area contributed by atoms with Crippen LogP contribution in [0.25, 0.3) is 0 Å². The van der Waals surface area contributed by atoms with Gasteiger partial charge in [-0.2, -0.15) is 0 Å². The Balaban J connectivity index is 2.64. The van der Waals surface area contributed by atoms with Crippen molar-refractivity contribution in [3.63, 3.8) is 0 Å². The summed E-state index contributed by atoms with van der Waals surface area (Å²) in [6.07, 6.45) is 0.555. The van der Waals surface area contributed by atoms with Crippen LogP contribution in [0.2, 0.25) is 0 Å². The molecule has 14 heavy (non-hydrogen) atoms. The van der Waals surface area contributed by atoms with E-state index in [1.165, 1.54) is 0 Å². The van der Waals surface area contributed by atoms with E-state index in [4.69, 9.17) is 9.84 Å². The van der Waals surface area contributed by atoms with Crippen LogP contribution in [0, 0.1) is 5.92 Å². The lowest BCUT2D eigenvalue weighted by Crippen LogP contribution is -2.12. The zero-order valence-electron chi connectivity index (χ0n) is 8.36. The van der Waals surface area contributed by atoms with Crippen molar-refractivity contribution in [2.75, 3.05) is 7.11 Å². The Hall–Kier alpha value is -1.51. The Morgan fingerprint density at radius 2 is 2.00 bits per heavy atom. The van der Waals surface area contributed by atoms with Crippen LogP contribution < -0.4 is 4.74 Å². The summed E-state index contributed by atoms with van der Waals surface area (Å²) < 4.78 is 5.01. The molecule has 0 saturated heterocycles. The highest BCUT2D eigenvalue weighted by Crippen LogP contribution is 2.14. The van der Waals surface area contributed by atoms with Gasteiger partial charge in [-0.25, -0.2) is 0 Å². The number of carbonyl (C=O) groups is 1. The molecule has 0 heterocycles. The normalized spacial score (nSPS) is 12.1. The Morgan fingerprint density at radius 3 is 2.43 bits per heavy atom. The quantitative estimate of drug-likeness (QED) is 0.797. The van der Waals surface area contributed by atoms with Gasteiger partial charge in [0.1, 0.15) is 5.75 Å². The summed E-state index contributed by atoms with van der Waals surface area (Å²) in [5.74, 6) is -0.319. The molecule has 76 valence electrons. The summed E-state index contributed by atoms with van der Waals surface area (Å²) in [6, 6.07) is 7.45. The van der Waals surface area contributed by atoms with Crippen molar-refractivity contribution in [2.24, 2.45) is 5.92 Å². The molecule has 3 nitrogen and oxygen atoms in total. The first-order valence-electron chi connectivity index (χ1n) is 4.49. The molecule has 1 atom stereocenters. The highest BCUT2D eigenvalue weighted by Gasteiger charge is 2.11. The average molecular weight is 194 g/mol. The van der Waals surface area contributed by atoms with E-state index in [1.807, 2.05) is 24.3 Å². The van der Waals surface area contributed by atoms with E-state index < -0.39 is 5.97 Å². The Morgan fingerprint density at radius 1 is 1.43 bits per heavy atom. The fraction of sp³-hybridized carbons (Fsp3) is 0.364. The number of hydrogen-bond donors (Lipinski definition) is 1. The van der Waals surface area contributed by atoms with Gasteiger partial charge in [0.25, 0.3) is 0 Å². The topological polar surface area (TPSA) is 46.5 Å². The molecule has 1 unspecified atom stereocenters. The molecule has 0 spiro atoms. The van der Waals surface area contributed by atoms with Crippen LogP contribution in [0.4, 0.5) is 0 Å². The fourth-order valence-electron chi connectivity index (χ4n) is 1.20. The third-order valence-corrected chi connectivity index (χ3v) is 2.12. The Kier molecular flexibility index (Phi) is 3.51. The van der Waals surface area contributed by atoms with Crippen molar-refractivity contribution in [1.29, 1.82) is 0 Å². The molecule has 0 aliphatic carbocycles. The van der Waals surface area contributed by atoms with Gasteiger partial charge in [0.05, 0.1) is 13.0 Å². The first-order valence-corrected chi connectivity index (χ1v) is 4.49. The lowest BCUT2D eigenvalue weighted by atomic mass is 10.0. The molecule has 0 amide bonds. The number of methoxy groups -OCH3 is 1. The maximum Gasteiger partial charge on any atom is 0.306 e. The van der Waals surface area contributed by atoms with Crippen LogP contribution in [-0.2, 0) is 11.2 Å². The monoisotopic (exact) mass is 194 g/mol. The van der Waals surface area contributed by atoms with E-state index in [0.29, 0.717) is 6.42 Å². The third kappa shape index (κ3) is 2.76. The summed E-state index contributed by atoms with van der Waals surface area (Å²) in [4.78, 5) is 10.6. The van der Waals surface area contributed by atoms with Crippen molar-refractivity contribution in [3.05, 3.63) is 29.8 Å². The molecule has 0 aliphatic rings. The second kappa shape index (κ2) is 4.65. The van der Waals surface area contributed by atoms with E-state index in [0.717, 1.165) is 11.3 Å². The minimum Gasteiger partial charge on any atom is -0.497 e. The van der Waals surface area contributed by atoms with Crippen molar-refractivity contribution in [1.82, 2.24) is 0 Å². The smallest absolute Gasteiger partial charge is 0.306 e. The van der Waals surface area contributed by atoms with Gasteiger partial charge >= 0.3 is 5.97 Å². The average Bonchev–Trinajstić information content (AvgIpc) is 2.19. The summed E-state index contributed by atoms with van der Waals surface area (Å²) in [6.45, 7) is 1.70. The standard InChI is InChI=1S/C11H14O3/c1-8(11(12)13)7-9-3-5-10(14-2)6-4-9/h3-6,8H,7H2,1-2H3,(H,12,13). The maximum atomic E-state index is 10.6. The highest BCUT2D eigenvalue weighted by atomic mass is 16.5. The van der Waals surface area contributed by atoms with Gasteiger partial charge in [0, 0.05) is 0 Å². The van der Waals surface area contributed by atoms with Crippen molar-refractivity contribution in [2.45, 2.75) is 13.3 Å². The van der Waals surface area contributed by atoms with Crippen LogP contribution in [0.3, 0.4) is 0 Å². The highest BCUT2D eigenvalue weighted by molar-refractivity contribution is 5.69. The van der Waals surface area contributed by atoms with E-state index in [9.17, 15) is 4.79 Å². The predicted octanol–water partition coefficient (Wildman–Crippen LogP) is 1.96. The molecule has 0 fully saturated rings. The molecule has 0 saturated carbocycles. The molecule has 1 N–H and O–H groups in total. The molecule has 0 aromatic heterocycles. The lowest BCUT2D eigenvalue weighted by Gasteiger charge is -2.06. The minimum atomic E-state index is -0.763. The number of carboxylic acids is 1. The fourth-order valence-corrected chi connectivity index (χ4v) is 1.20. The Bertz CT molecular complexity index is 303. The van der Waals surface area contributed by atoms with Gasteiger partial charge in [-0.05, 0) is 24.1 Å². The molecule has 1 aromatic rings. The number of rotatable bonds is 4. The van der Waals surface area contributed by atoms with Crippen LogP contribution in [0.1, 0.15) is 12.5 Å². The molecule has 0 radical (unpaired) electrons. The van der Waals surface area contributed by atoms with Gasteiger partial charge in [0.2, 0.25) is 0 Å². The van der Waals surface area contributed by atoms with Gasteiger partial charge in [-0.15, -0.1) is 0 Å². The molecule has 1 rings (SSSR count). The number of hydrogen-bond acceptors (Lipinski definition) is 2. The largest absolute Gasteiger partial charge is 0.497 e. The summed E-state index contributed by atoms with van der Waals surface area (Å²) in [5.41, 5.74) is 1.01. The Labute approximate surface area is 83.3 Å². The maximum absolute atomic E-state index is 10.6. The van der Waals surface area contributed by atoms with Gasteiger partial charge in [0.15, 0.2) is 0 Å². The second-order valence-electron chi connectivity index (χ2n) is 3.29. The molecule has 0 bridgehead atoms. The minimum absolute atomic E-state index is 0.344. The zero-order chi connectivity index (χ0) is 10.6. The van der Waals surface area contributed by atoms with Gasteiger partial charge in [-0.1, -0.05) is 19.1 Å². The number of carboxylic acid groups (broad SMARTS) is 1. The van der Waals surface area contributed by atoms with E-state index in [2.05, 4.69) is 0 Å². The first-order chi connectivity index (χ1) is 6.63. The van der Waals surface area contributed by atoms with Crippen LogP contribution in [0.15, 0.2) is 24.3 Å². The van der Waals surface area contributed by atoms with Crippen molar-refractivity contribution < 1.29 is 14.6 Å². The third-order valence-electron chi connectivity index (χ3n) is 2.12. The van der Waals surface area contributed by atoms with Crippen LogP contribution in [-0.4, -0.2) is 18.2 Å².